The number of rotatable bonds is 5. The summed E-state index contributed by atoms with van der Waals surface area (Å²) in [5.41, 5.74) is 8.68. The zero-order valence-electron chi connectivity index (χ0n) is 12.9. The highest BCUT2D eigenvalue weighted by atomic mass is 16.5. The van der Waals surface area contributed by atoms with Crippen molar-refractivity contribution in [1.29, 1.82) is 0 Å². The van der Waals surface area contributed by atoms with Gasteiger partial charge in [0.1, 0.15) is 12.4 Å². The van der Waals surface area contributed by atoms with Crippen molar-refractivity contribution < 1.29 is 4.74 Å². The molecule has 3 rings (SSSR count). The van der Waals surface area contributed by atoms with Crippen LogP contribution in [-0.4, -0.2) is 15.9 Å². The van der Waals surface area contributed by atoms with E-state index in [-0.39, 0.29) is 0 Å². The van der Waals surface area contributed by atoms with Crippen LogP contribution in [0.4, 0.5) is 5.95 Å². The molecule has 0 aliphatic rings. The number of hydrogen-bond donors (Lipinski definition) is 1. The number of anilines is 1. The number of nitrogens with two attached hydrogens (primary N) is 1. The van der Waals surface area contributed by atoms with E-state index >= 15 is 0 Å². The van der Waals surface area contributed by atoms with Crippen LogP contribution in [0, 0.1) is 6.92 Å². The smallest absolute Gasteiger partial charge is 0.221 e. The summed E-state index contributed by atoms with van der Waals surface area (Å²) in [6, 6.07) is 17.8. The van der Waals surface area contributed by atoms with Gasteiger partial charge in [0, 0.05) is 0 Å². The minimum Gasteiger partial charge on any atom is -0.489 e. The second-order valence-electron chi connectivity index (χ2n) is 5.17. The van der Waals surface area contributed by atoms with Gasteiger partial charge in [-0.15, -0.1) is 0 Å². The van der Waals surface area contributed by atoms with Crippen LogP contribution in [0.3, 0.4) is 0 Å². The lowest BCUT2D eigenvalue weighted by Gasteiger charge is -2.06. The van der Waals surface area contributed by atoms with Gasteiger partial charge in [-0.2, -0.15) is 5.10 Å². The first-order chi connectivity index (χ1) is 11.2. The monoisotopic (exact) mass is 306 g/mol. The topological polar surface area (TPSA) is 65.4 Å². The number of nitrogens with zero attached hydrogens (tertiary/aromatic N) is 3. The van der Waals surface area contributed by atoms with Gasteiger partial charge in [-0.05, 0) is 42.3 Å². The molecule has 3 aromatic rings. The molecule has 0 bridgehead atoms. The highest BCUT2D eigenvalue weighted by Gasteiger charge is 1.99. The average molecular weight is 306 g/mol. The second kappa shape index (κ2) is 6.79. The number of aromatic nitrogens is 2. The first-order valence-corrected chi connectivity index (χ1v) is 7.33. The molecule has 0 fully saturated rings. The fourth-order valence-electron chi connectivity index (χ4n) is 2.12. The van der Waals surface area contributed by atoms with E-state index in [1.807, 2.05) is 61.5 Å². The predicted octanol–water partition coefficient (Wildman–Crippen LogP) is 3.23. The quantitative estimate of drug-likeness (QED) is 0.736. The van der Waals surface area contributed by atoms with Crippen LogP contribution in [0.25, 0.3) is 0 Å². The third kappa shape index (κ3) is 3.97. The van der Waals surface area contributed by atoms with Crippen LogP contribution in [0.15, 0.2) is 65.9 Å². The zero-order valence-corrected chi connectivity index (χ0v) is 12.9. The summed E-state index contributed by atoms with van der Waals surface area (Å²) in [7, 11) is 0. The molecule has 0 aliphatic carbocycles. The Balaban J connectivity index is 1.62. The first-order valence-electron chi connectivity index (χ1n) is 7.33. The van der Waals surface area contributed by atoms with E-state index in [0.29, 0.717) is 12.6 Å². The van der Waals surface area contributed by atoms with E-state index in [1.165, 1.54) is 0 Å². The summed E-state index contributed by atoms with van der Waals surface area (Å²) in [6.45, 7) is 2.43. The summed E-state index contributed by atoms with van der Waals surface area (Å²) < 4.78 is 7.30. The third-order valence-corrected chi connectivity index (χ3v) is 3.29. The Morgan fingerprint density at radius 2 is 1.87 bits per heavy atom. The van der Waals surface area contributed by atoms with Crippen molar-refractivity contribution in [1.82, 2.24) is 9.66 Å². The summed E-state index contributed by atoms with van der Waals surface area (Å²) in [5.74, 6) is 1.20. The van der Waals surface area contributed by atoms with Crippen LogP contribution < -0.4 is 10.5 Å². The molecule has 1 heterocycles. The molecule has 0 unspecified atom stereocenters. The van der Waals surface area contributed by atoms with E-state index in [4.69, 9.17) is 10.5 Å². The predicted molar refractivity (Wildman–Crippen MR) is 91.6 cm³/mol. The van der Waals surface area contributed by atoms with Crippen molar-refractivity contribution in [2.24, 2.45) is 5.10 Å². The SMILES string of the molecule is Cc1cn(N=Cc2ccc(OCc3ccccc3)cc2)c(N)n1. The van der Waals surface area contributed by atoms with Gasteiger partial charge in [-0.25, -0.2) is 9.66 Å². The number of aryl methyl sites for hydroxylation is 1. The maximum absolute atomic E-state index is 5.75. The number of hydrogen-bond acceptors (Lipinski definition) is 4. The van der Waals surface area contributed by atoms with Gasteiger partial charge in [0.25, 0.3) is 0 Å². The third-order valence-electron chi connectivity index (χ3n) is 3.29. The molecule has 0 atom stereocenters. The molecule has 0 saturated carbocycles. The molecule has 5 nitrogen and oxygen atoms in total. The van der Waals surface area contributed by atoms with Crippen molar-refractivity contribution in [3.05, 3.63) is 77.6 Å². The molecule has 1 aromatic heterocycles. The second-order valence-corrected chi connectivity index (χ2v) is 5.17. The highest BCUT2D eigenvalue weighted by molar-refractivity contribution is 5.79. The number of benzene rings is 2. The Labute approximate surface area is 135 Å². The van der Waals surface area contributed by atoms with Crippen LogP contribution in [0.1, 0.15) is 16.8 Å². The molecule has 0 amide bonds. The van der Waals surface area contributed by atoms with Gasteiger partial charge in [0.05, 0.1) is 18.1 Å². The molecule has 0 saturated heterocycles. The lowest BCUT2D eigenvalue weighted by atomic mass is 10.2. The molecule has 0 radical (unpaired) electrons. The highest BCUT2D eigenvalue weighted by Crippen LogP contribution is 2.13. The standard InChI is InChI=1S/C18H18N4O/c1-14-12-22(18(19)21-14)20-11-15-7-9-17(10-8-15)23-13-16-5-3-2-4-6-16/h2-12H,13H2,1H3,(H2,19,21). The van der Waals surface area contributed by atoms with Crippen molar-refractivity contribution in [3.8, 4) is 5.75 Å². The van der Waals surface area contributed by atoms with E-state index in [0.717, 1.165) is 22.6 Å². The lowest BCUT2D eigenvalue weighted by Crippen LogP contribution is -1.97. The van der Waals surface area contributed by atoms with Gasteiger partial charge in [0.2, 0.25) is 5.95 Å². The molecule has 116 valence electrons. The lowest BCUT2D eigenvalue weighted by molar-refractivity contribution is 0.306. The van der Waals surface area contributed by atoms with Crippen molar-refractivity contribution >= 4 is 12.2 Å². The zero-order chi connectivity index (χ0) is 16.1. The molecular weight excluding hydrogens is 288 g/mol. The molecule has 23 heavy (non-hydrogen) atoms. The fraction of sp³-hybridized carbons (Fsp3) is 0.111. The van der Waals surface area contributed by atoms with Gasteiger partial charge in [-0.3, -0.25) is 0 Å². The van der Waals surface area contributed by atoms with Crippen LogP contribution >= 0.6 is 0 Å². The number of nitrogen functional groups attached to an aromatic ring is 1. The summed E-state index contributed by atoms with van der Waals surface area (Å²) in [4.78, 5) is 4.10. The summed E-state index contributed by atoms with van der Waals surface area (Å²) in [5, 5.41) is 4.28. The molecule has 2 aromatic carbocycles. The van der Waals surface area contributed by atoms with Crippen molar-refractivity contribution in [3.63, 3.8) is 0 Å². The van der Waals surface area contributed by atoms with Crippen molar-refractivity contribution in [2.45, 2.75) is 13.5 Å². The van der Waals surface area contributed by atoms with E-state index in [1.54, 1.807) is 17.1 Å². The Bertz CT molecular complexity index is 792. The maximum Gasteiger partial charge on any atom is 0.221 e. The molecule has 2 N–H and O–H groups in total. The Morgan fingerprint density at radius 1 is 1.13 bits per heavy atom. The van der Waals surface area contributed by atoms with Crippen LogP contribution in [0.5, 0.6) is 5.75 Å². The Hall–Kier alpha value is -3.08. The van der Waals surface area contributed by atoms with Gasteiger partial charge in [-0.1, -0.05) is 30.3 Å². The van der Waals surface area contributed by atoms with E-state index in [2.05, 4.69) is 10.1 Å². The molecule has 0 spiro atoms. The summed E-state index contributed by atoms with van der Waals surface area (Å²) in [6.07, 6.45) is 3.52. The normalized spacial score (nSPS) is 11.0. The number of imidazole rings is 1. The van der Waals surface area contributed by atoms with Gasteiger partial charge >= 0.3 is 0 Å². The van der Waals surface area contributed by atoms with Crippen LogP contribution in [0.2, 0.25) is 0 Å². The minimum absolute atomic E-state index is 0.376. The molecular formula is C18H18N4O. The fourth-order valence-corrected chi connectivity index (χ4v) is 2.12. The van der Waals surface area contributed by atoms with Gasteiger partial charge in [0.15, 0.2) is 0 Å². The molecule has 5 heteroatoms. The Morgan fingerprint density at radius 3 is 2.52 bits per heavy atom. The number of ether oxygens (including phenoxy) is 1. The van der Waals surface area contributed by atoms with Crippen molar-refractivity contribution in [2.75, 3.05) is 5.73 Å². The molecule has 0 aliphatic heterocycles. The van der Waals surface area contributed by atoms with E-state index < -0.39 is 0 Å². The van der Waals surface area contributed by atoms with Gasteiger partial charge < -0.3 is 10.5 Å². The first kappa shape index (κ1) is 14.8. The summed E-state index contributed by atoms with van der Waals surface area (Å²) >= 11 is 0. The van der Waals surface area contributed by atoms with E-state index in [9.17, 15) is 0 Å². The maximum atomic E-state index is 5.75. The average Bonchev–Trinajstić information content (AvgIpc) is 2.90. The van der Waals surface area contributed by atoms with Crippen LogP contribution in [-0.2, 0) is 6.61 Å². The Kier molecular flexibility index (Phi) is 4.38. The minimum atomic E-state index is 0.376. The largest absolute Gasteiger partial charge is 0.489 e.